The van der Waals surface area contributed by atoms with E-state index in [0.717, 1.165) is 4.88 Å². The first-order valence-corrected chi connectivity index (χ1v) is 8.34. The lowest BCUT2D eigenvalue weighted by molar-refractivity contribution is 0.0937. The van der Waals surface area contributed by atoms with E-state index >= 15 is 0 Å². The number of hydrogen-bond acceptors (Lipinski definition) is 5. The van der Waals surface area contributed by atoms with Gasteiger partial charge in [0.15, 0.2) is 11.2 Å². The molecule has 0 spiro atoms. The Morgan fingerprint density at radius 3 is 3.00 bits per heavy atom. The van der Waals surface area contributed by atoms with Gasteiger partial charge in [-0.3, -0.25) is 9.59 Å². The zero-order valence-corrected chi connectivity index (χ0v) is 13.8. The van der Waals surface area contributed by atoms with E-state index in [2.05, 4.69) is 20.6 Å². The number of halogens is 1. The number of thiophene rings is 1. The Kier molecular flexibility index (Phi) is 3.57. The molecule has 4 rings (SSSR count). The molecular weight excluding hydrogens is 345 g/mol. The minimum atomic E-state index is -0.558. The summed E-state index contributed by atoms with van der Waals surface area (Å²) < 4.78 is 14.6. The molecule has 7 nitrogen and oxygen atoms in total. The van der Waals surface area contributed by atoms with Crippen LogP contribution in [0.15, 0.2) is 40.5 Å². The SMILES string of the molecule is C[C@@H](NC(=O)c1nnn2c1c(=O)[nH]c1cc(F)ccc12)c1cccs1. The van der Waals surface area contributed by atoms with Crippen molar-refractivity contribution in [2.24, 2.45) is 0 Å². The summed E-state index contributed by atoms with van der Waals surface area (Å²) in [5.74, 6) is -0.979. The summed E-state index contributed by atoms with van der Waals surface area (Å²) in [6.45, 7) is 1.85. The van der Waals surface area contributed by atoms with Crippen molar-refractivity contribution in [1.82, 2.24) is 25.1 Å². The first kappa shape index (κ1) is 15.5. The van der Waals surface area contributed by atoms with E-state index in [9.17, 15) is 14.0 Å². The molecule has 126 valence electrons. The number of hydrogen-bond donors (Lipinski definition) is 2. The van der Waals surface area contributed by atoms with Crippen LogP contribution in [0.3, 0.4) is 0 Å². The zero-order chi connectivity index (χ0) is 17.6. The second-order valence-corrected chi connectivity index (χ2v) is 6.50. The fourth-order valence-electron chi connectivity index (χ4n) is 2.66. The van der Waals surface area contributed by atoms with Crippen molar-refractivity contribution < 1.29 is 9.18 Å². The molecule has 0 aliphatic heterocycles. The van der Waals surface area contributed by atoms with Crippen LogP contribution < -0.4 is 10.9 Å². The van der Waals surface area contributed by atoms with Crippen molar-refractivity contribution in [2.75, 3.05) is 0 Å². The molecule has 0 saturated heterocycles. The Labute approximate surface area is 144 Å². The second kappa shape index (κ2) is 5.78. The Hall–Kier alpha value is -3.07. The zero-order valence-electron chi connectivity index (χ0n) is 13.0. The Morgan fingerprint density at radius 1 is 1.40 bits per heavy atom. The maximum absolute atomic E-state index is 13.3. The molecule has 0 aliphatic rings. The third-order valence-electron chi connectivity index (χ3n) is 3.85. The van der Waals surface area contributed by atoms with E-state index in [1.54, 1.807) is 0 Å². The Bertz CT molecular complexity index is 1150. The fraction of sp³-hybridized carbons (Fsp3) is 0.125. The molecule has 1 aromatic carbocycles. The highest BCUT2D eigenvalue weighted by molar-refractivity contribution is 7.10. The van der Waals surface area contributed by atoms with Gasteiger partial charge < -0.3 is 10.3 Å². The molecule has 25 heavy (non-hydrogen) atoms. The van der Waals surface area contributed by atoms with Crippen LogP contribution in [0.1, 0.15) is 28.3 Å². The first-order chi connectivity index (χ1) is 12.0. The van der Waals surface area contributed by atoms with Gasteiger partial charge in [0.2, 0.25) is 0 Å². The highest BCUT2D eigenvalue weighted by atomic mass is 32.1. The summed E-state index contributed by atoms with van der Waals surface area (Å²) >= 11 is 1.52. The number of carbonyl (C=O) groups excluding carboxylic acids is 1. The molecule has 0 aliphatic carbocycles. The Morgan fingerprint density at radius 2 is 2.24 bits per heavy atom. The van der Waals surface area contributed by atoms with Crippen LogP contribution in [-0.4, -0.2) is 25.7 Å². The third kappa shape index (κ3) is 2.58. The van der Waals surface area contributed by atoms with Crippen LogP contribution in [0.2, 0.25) is 0 Å². The number of benzene rings is 1. The predicted molar refractivity (Wildman–Crippen MR) is 91.3 cm³/mol. The van der Waals surface area contributed by atoms with Crippen molar-refractivity contribution in [2.45, 2.75) is 13.0 Å². The van der Waals surface area contributed by atoms with Crippen molar-refractivity contribution in [3.05, 3.63) is 62.5 Å². The Balaban J connectivity index is 1.79. The second-order valence-electron chi connectivity index (χ2n) is 5.52. The number of amides is 1. The number of fused-ring (bicyclic) bond motifs is 3. The first-order valence-electron chi connectivity index (χ1n) is 7.46. The molecule has 4 aromatic rings. The maximum Gasteiger partial charge on any atom is 0.277 e. The molecule has 0 saturated carbocycles. The summed E-state index contributed by atoms with van der Waals surface area (Å²) in [5, 5.41) is 12.5. The van der Waals surface area contributed by atoms with E-state index in [1.807, 2.05) is 24.4 Å². The van der Waals surface area contributed by atoms with E-state index in [-0.39, 0.29) is 22.8 Å². The van der Waals surface area contributed by atoms with Gasteiger partial charge in [0.1, 0.15) is 5.82 Å². The van der Waals surface area contributed by atoms with Crippen molar-refractivity contribution >= 4 is 33.8 Å². The van der Waals surface area contributed by atoms with E-state index in [1.165, 1.54) is 34.1 Å². The predicted octanol–water partition coefficient (Wildman–Crippen LogP) is 2.26. The van der Waals surface area contributed by atoms with Crippen LogP contribution in [0.5, 0.6) is 0 Å². The number of H-pyrrole nitrogens is 1. The molecule has 2 N–H and O–H groups in total. The normalized spacial score (nSPS) is 12.6. The monoisotopic (exact) mass is 357 g/mol. The minimum Gasteiger partial charge on any atom is -0.343 e. The lowest BCUT2D eigenvalue weighted by Gasteiger charge is -2.10. The molecule has 0 unspecified atom stereocenters. The highest BCUT2D eigenvalue weighted by Crippen LogP contribution is 2.19. The molecule has 3 heterocycles. The topological polar surface area (TPSA) is 92.2 Å². The lowest BCUT2D eigenvalue weighted by atomic mass is 10.2. The molecule has 1 amide bonds. The summed E-state index contributed by atoms with van der Waals surface area (Å²) in [7, 11) is 0. The third-order valence-corrected chi connectivity index (χ3v) is 4.91. The van der Waals surface area contributed by atoms with Gasteiger partial charge in [-0.05, 0) is 36.6 Å². The average molecular weight is 357 g/mol. The van der Waals surface area contributed by atoms with Crippen LogP contribution in [0.25, 0.3) is 16.6 Å². The minimum absolute atomic E-state index is 0.0231. The number of nitrogens with one attached hydrogen (secondary N) is 2. The van der Waals surface area contributed by atoms with Crippen LogP contribution in [-0.2, 0) is 0 Å². The van der Waals surface area contributed by atoms with E-state index in [0.29, 0.717) is 5.52 Å². The molecule has 3 aromatic heterocycles. The van der Waals surface area contributed by atoms with Gasteiger partial charge >= 0.3 is 0 Å². The van der Waals surface area contributed by atoms with Gasteiger partial charge in [-0.1, -0.05) is 11.3 Å². The van der Waals surface area contributed by atoms with Gasteiger partial charge in [0, 0.05) is 4.88 Å². The van der Waals surface area contributed by atoms with E-state index < -0.39 is 17.3 Å². The van der Waals surface area contributed by atoms with E-state index in [4.69, 9.17) is 0 Å². The summed E-state index contributed by atoms with van der Waals surface area (Å²) in [6.07, 6.45) is 0. The molecular formula is C16H12FN5O2S. The molecule has 0 radical (unpaired) electrons. The number of carbonyl (C=O) groups is 1. The maximum atomic E-state index is 13.3. The van der Waals surface area contributed by atoms with Crippen molar-refractivity contribution in [3.8, 4) is 0 Å². The van der Waals surface area contributed by atoms with Crippen molar-refractivity contribution in [3.63, 3.8) is 0 Å². The summed E-state index contributed by atoms with van der Waals surface area (Å²) in [6, 6.07) is 7.49. The van der Waals surface area contributed by atoms with Gasteiger partial charge in [-0.15, -0.1) is 16.4 Å². The van der Waals surface area contributed by atoms with Crippen LogP contribution in [0, 0.1) is 5.82 Å². The smallest absolute Gasteiger partial charge is 0.277 e. The largest absolute Gasteiger partial charge is 0.343 e. The number of aromatic nitrogens is 4. The van der Waals surface area contributed by atoms with Gasteiger partial charge in [-0.2, -0.15) is 0 Å². The molecule has 0 bridgehead atoms. The quantitative estimate of drug-likeness (QED) is 0.588. The lowest BCUT2D eigenvalue weighted by Crippen LogP contribution is -2.27. The molecule has 1 atom stereocenters. The fourth-order valence-corrected chi connectivity index (χ4v) is 3.39. The number of nitrogens with zero attached hydrogens (tertiary/aromatic N) is 3. The molecule has 9 heteroatoms. The number of aromatic amines is 1. The standard InChI is InChI=1S/C16H12FN5O2S/c1-8(12-3-2-6-25-12)18-15(23)13-14-16(24)19-10-7-9(17)4-5-11(10)22(14)21-20-13/h2-8H,1H3,(H,18,23)(H,19,24)/t8-/m1/s1. The van der Waals surface area contributed by atoms with Gasteiger partial charge in [0.25, 0.3) is 11.5 Å². The van der Waals surface area contributed by atoms with Gasteiger partial charge in [-0.25, -0.2) is 8.91 Å². The van der Waals surface area contributed by atoms with Crippen LogP contribution in [0.4, 0.5) is 4.39 Å². The highest BCUT2D eigenvalue weighted by Gasteiger charge is 2.21. The molecule has 0 fully saturated rings. The number of rotatable bonds is 3. The van der Waals surface area contributed by atoms with Gasteiger partial charge in [0.05, 0.1) is 17.1 Å². The summed E-state index contributed by atoms with van der Waals surface area (Å²) in [5.41, 5.74) is 0.123. The van der Waals surface area contributed by atoms with Crippen molar-refractivity contribution in [1.29, 1.82) is 0 Å². The summed E-state index contributed by atoms with van der Waals surface area (Å²) in [4.78, 5) is 28.4. The average Bonchev–Trinajstić information content (AvgIpc) is 3.24. The van der Waals surface area contributed by atoms with Crippen LogP contribution >= 0.6 is 11.3 Å².